The summed E-state index contributed by atoms with van der Waals surface area (Å²) < 4.78 is 10.00. The highest BCUT2D eigenvalue weighted by Gasteiger charge is 2.26. The number of benzene rings is 1. The maximum Gasteiger partial charge on any atom is 0.407 e. The van der Waals surface area contributed by atoms with E-state index in [1.54, 1.807) is 6.92 Å². The fourth-order valence-electron chi connectivity index (χ4n) is 1.62. The van der Waals surface area contributed by atoms with Crippen molar-refractivity contribution in [3.63, 3.8) is 0 Å². The molecule has 5 nitrogen and oxygen atoms in total. The third-order valence-electron chi connectivity index (χ3n) is 2.69. The Morgan fingerprint density at radius 1 is 1.15 bits per heavy atom. The van der Waals surface area contributed by atoms with E-state index in [1.807, 2.05) is 44.2 Å². The van der Waals surface area contributed by atoms with Gasteiger partial charge in [-0.05, 0) is 18.4 Å². The average Bonchev–Trinajstić information content (AvgIpc) is 2.43. The third kappa shape index (κ3) is 5.30. The minimum Gasteiger partial charge on any atom is -0.459 e. The van der Waals surface area contributed by atoms with Crippen LogP contribution < -0.4 is 5.32 Å². The highest BCUT2D eigenvalue weighted by molar-refractivity contribution is 5.81. The van der Waals surface area contributed by atoms with E-state index < -0.39 is 18.1 Å². The predicted octanol–water partition coefficient (Wildman–Crippen LogP) is 2.50. The van der Waals surface area contributed by atoms with Crippen LogP contribution in [0.2, 0.25) is 0 Å². The third-order valence-corrected chi connectivity index (χ3v) is 2.69. The molecule has 5 heteroatoms. The summed E-state index contributed by atoms with van der Waals surface area (Å²) >= 11 is 0. The smallest absolute Gasteiger partial charge is 0.407 e. The normalized spacial score (nSPS) is 11.8. The van der Waals surface area contributed by atoms with E-state index >= 15 is 0 Å². The molecule has 0 radical (unpaired) electrons. The van der Waals surface area contributed by atoms with Gasteiger partial charge in [-0.3, -0.25) is 0 Å². The lowest BCUT2D eigenvalue weighted by Crippen LogP contribution is -2.45. The van der Waals surface area contributed by atoms with Crippen molar-refractivity contribution in [1.29, 1.82) is 0 Å². The summed E-state index contributed by atoms with van der Waals surface area (Å²) in [6.07, 6.45) is -0.608. The molecule has 110 valence electrons. The Labute approximate surface area is 119 Å². The van der Waals surface area contributed by atoms with Crippen molar-refractivity contribution in [2.45, 2.75) is 33.4 Å². The van der Waals surface area contributed by atoms with Crippen LogP contribution in [-0.2, 0) is 20.9 Å². The summed E-state index contributed by atoms with van der Waals surface area (Å²) in [5.74, 6) is -0.542. The van der Waals surface area contributed by atoms with Gasteiger partial charge in [-0.25, -0.2) is 9.59 Å². The molecule has 20 heavy (non-hydrogen) atoms. The fourth-order valence-corrected chi connectivity index (χ4v) is 1.62. The Hall–Kier alpha value is -2.04. The highest BCUT2D eigenvalue weighted by atomic mass is 16.6. The molecule has 0 fully saturated rings. The molecule has 0 aromatic heterocycles. The van der Waals surface area contributed by atoms with Crippen LogP contribution in [0.4, 0.5) is 4.79 Å². The van der Waals surface area contributed by atoms with Gasteiger partial charge in [0.05, 0.1) is 6.61 Å². The van der Waals surface area contributed by atoms with E-state index in [1.165, 1.54) is 0 Å². The molecule has 0 aliphatic heterocycles. The van der Waals surface area contributed by atoms with Gasteiger partial charge in [-0.15, -0.1) is 0 Å². The van der Waals surface area contributed by atoms with Crippen LogP contribution in [0.15, 0.2) is 30.3 Å². The number of nitrogens with one attached hydrogen (secondary N) is 1. The van der Waals surface area contributed by atoms with Crippen molar-refractivity contribution >= 4 is 12.1 Å². The second-order valence-corrected chi connectivity index (χ2v) is 4.68. The molecule has 1 atom stereocenters. The Morgan fingerprint density at radius 3 is 2.35 bits per heavy atom. The van der Waals surface area contributed by atoms with Crippen molar-refractivity contribution in [2.75, 3.05) is 6.61 Å². The summed E-state index contributed by atoms with van der Waals surface area (Å²) in [4.78, 5) is 23.4. The largest absolute Gasteiger partial charge is 0.459 e. The fraction of sp³-hybridized carbons (Fsp3) is 0.467. The monoisotopic (exact) mass is 279 g/mol. The number of esters is 1. The minimum absolute atomic E-state index is 0.0809. The number of carbonyl (C=O) groups excluding carboxylic acids is 2. The van der Waals surface area contributed by atoms with Crippen LogP contribution in [-0.4, -0.2) is 24.7 Å². The number of amides is 1. The second-order valence-electron chi connectivity index (χ2n) is 4.68. The molecule has 0 saturated carbocycles. The van der Waals surface area contributed by atoms with E-state index in [0.29, 0.717) is 0 Å². The van der Waals surface area contributed by atoms with E-state index in [2.05, 4.69) is 5.32 Å². The first-order chi connectivity index (χ1) is 9.54. The Balaban J connectivity index is 2.54. The zero-order valence-corrected chi connectivity index (χ0v) is 12.1. The Bertz CT molecular complexity index is 431. The number of hydrogen-bond donors (Lipinski definition) is 1. The first-order valence-corrected chi connectivity index (χ1v) is 6.68. The quantitative estimate of drug-likeness (QED) is 0.813. The summed E-state index contributed by atoms with van der Waals surface area (Å²) in [5, 5.41) is 2.52. The van der Waals surface area contributed by atoms with Gasteiger partial charge < -0.3 is 14.8 Å². The van der Waals surface area contributed by atoms with E-state index in [0.717, 1.165) is 5.56 Å². The molecule has 0 aliphatic rings. The van der Waals surface area contributed by atoms with Gasteiger partial charge in [-0.2, -0.15) is 0 Å². The molecule has 0 spiro atoms. The van der Waals surface area contributed by atoms with Crippen LogP contribution in [0.25, 0.3) is 0 Å². The van der Waals surface area contributed by atoms with Crippen LogP contribution >= 0.6 is 0 Å². The van der Waals surface area contributed by atoms with Crippen molar-refractivity contribution < 1.29 is 19.1 Å². The molecule has 0 saturated heterocycles. The van der Waals surface area contributed by atoms with Crippen LogP contribution in [0, 0.1) is 5.92 Å². The first kappa shape index (κ1) is 16.0. The van der Waals surface area contributed by atoms with Gasteiger partial charge in [0.1, 0.15) is 12.6 Å². The van der Waals surface area contributed by atoms with Gasteiger partial charge in [0.2, 0.25) is 0 Å². The van der Waals surface area contributed by atoms with Gasteiger partial charge in [-0.1, -0.05) is 44.2 Å². The summed E-state index contributed by atoms with van der Waals surface area (Å²) in [6.45, 7) is 5.82. The van der Waals surface area contributed by atoms with Crippen molar-refractivity contribution in [1.82, 2.24) is 5.32 Å². The maximum atomic E-state index is 12.0. The van der Waals surface area contributed by atoms with Crippen molar-refractivity contribution in [2.24, 2.45) is 5.92 Å². The van der Waals surface area contributed by atoms with Crippen LogP contribution in [0.5, 0.6) is 0 Å². The Morgan fingerprint density at radius 2 is 1.80 bits per heavy atom. The zero-order valence-electron chi connectivity index (χ0n) is 12.1. The number of ether oxygens (including phenoxy) is 2. The molecule has 1 rings (SSSR count). The Kier molecular flexibility index (Phi) is 6.56. The van der Waals surface area contributed by atoms with E-state index in [9.17, 15) is 9.59 Å². The van der Waals surface area contributed by atoms with Crippen molar-refractivity contribution in [3.05, 3.63) is 35.9 Å². The van der Waals surface area contributed by atoms with Crippen molar-refractivity contribution in [3.8, 4) is 0 Å². The predicted molar refractivity (Wildman–Crippen MR) is 75.0 cm³/mol. The summed E-state index contributed by atoms with van der Waals surface area (Å²) in [7, 11) is 0. The molecular formula is C15H21NO4. The zero-order chi connectivity index (χ0) is 15.0. The van der Waals surface area contributed by atoms with E-state index in [4.69, 9.17) is 9.47 Å². The minimum atomic E-state index is -0.710. The summed E-state index contributed by atoms with van der Waals surface area (Å²) in [6, 6.07) is 8.68. The SMILES string of the molecule is CCOC(=O)NC(C(=O)OCc1ccccc1)C(C)C. The van der Waals surface area contributed by atoms with Crippen LogP contribution in [0.1, 0.15) is 26.3 Å². The number of carbonyl (C=O) groups is 2. The first-order valence-electron chi connectivity index (χ1n) is 6.68. The molecular weight excluding hydrogens is 258 g/mol. The van der Waals surface area contributed by atoms with Crippen LogP contribution in [0.3, 0.4) is 0 Å². The standard InChI is InChI=1S/C15H21NO4/c1-4-19-15(18)16-13(11(2)3)14(17)20-10-12-8-6-5-7-9-12/h5-9,11,13H,4,10H2,1-3H3,(H,16,18). The molecule has 0 bridgehead atoms. The lowest BCUT2D eigenvalue weighted by molar-refractivity contribution is -0.148. The molecule has 1 aromatic carbocycles. The number of rotatable bonds is 6. The number of alkyl carbamates (subject to hydrolysis) is 1. The van der Waals surface area contributed by atoms with E-state index in [-0.39, 0.29) is 19.1 Å². The van der Waals surface area contributed by atoms with Gasteiger partial charge in [0.15, 0.2) is 0 Å². The number of hydrogen-bond acceptors (Lipinski definition) is 4. The molecule has 1 aromatic rings. The van der Waals surface area contributed by atoms with Gasteiger partial charge in [0, 0.05) is 0 Å². The molecule has 1 N–H and O–H groups in total. The maximum absolute atomic E-state index is 12.0. The summed E-state index contributed by atoms with van der Waals surface area (Å²) in [5.41, 5.74) is 0.902. The molecule has 1 amide bonds. The average molecular weight is 279 g/mol. The lowest BCUT2D eigenvalue weighted by Gasteiger charge is -2.20. The molecule has 1 unspecified atom stereocenters. The molecule has 0 heterocycles. The van der Waals surface area contributed by atoms with Gasteiger partial charge >= 0.3 is 12.1 Å². The highest BCUT2D eigenvalue weighted by Crippen LogP contribution is 2.07. The second kappa shape index (κ2) is 8.19. The topological polar surface area (TPSA) is 64.6 Å². The molecule has 0 aliphatic carbocycles. The lowest BCUT2D eigenvalue weighted by atomic mass is 10.1. The van der Waals surface area contributed by atoms with Gasteiger partial charge in [0.25, 0.3) is 0 Å².